The molecule has 1 atom stereocenters. The average Bonchev–Trinajstić information content (AvgIpc) is 2.53. The van der Waals surface area contributed by atoms with Crippen LogP contribution in [0.3, 0.4) is 0 Å². The number of nitrogens with zero attached hydrogens (tertiary/aromatic N) is 1. The quantitative estimate of drug-likeness (QED) is 0.790. The average molecular weight is 372 g/mol. The van der Waals surface area contributed by atoms with E-state index in [4.69, 9.17) is 20.9 Å². The summed E-state index contributed by atoms with van der Waals surface area (Å²) < 4.78 is 11.9. The first-order valence-corrected chi connectivity index (χ1v) is 7.65. The highest BCUT2D eigenvalue weighted by Crippen LogP contribution is 2.45. The summed E-state index contributed by atoms with van der Waals surface area (Å²) in [7, 11) is 1.59. The summed E-state index contributed by atoms with van der Waals surface area (Å²) in [6.45, 7) is 0. The zero-order valence-electron chi connectivity index (χ0n) is 12.3. The number of ether oxygens (including phenoxy) is 2. The van der Waals surface area contributed by atoms with Crippen molar-refractivity contribution in [2.75, 3.05) is 12.8 Å². The molecule has 1 aliphatic rings. The van der Waals surface area contributed by atoms with Gasteiger partial charge in [-0.3, -0.25) is 0 Å². The summed E-state index contributed by atoms with van der Waals surface area (Å²) in [5.41, 5.74) is 14.3. The van der Waals surface area contributed by atoms with Crippen molar-refractivity contribution < 1.29 is 9.47 Å². The van der Waals surface area contributed by atoms with Gasteiger partial charge in [0, 0.05) is 27.4 Å². The maximum Gasteiger partial charge on any atom is 0.205 e. The molecular weight excluding hydrogens is 358 g/mol. The van der Waals surface area contributed by atoms with Crippen molar-refractivity contribution in [3.63, 3.8) is 0 Å². The highest BCUT2D eigenvalue weighted by atomic mass is 79.9. The van der Waals surface area contributed by atoms with Crippen LogP contribution in [0, 0.1) is 11.3 Å². The minimum absolute atomic E-state index is 0.0811. The number of allylic oxidation sites excluding steroid dienone is 1. The van der Waals surface area contributed by atoms with E-state index in [1.165, 1.54) is 0 Å². The van der Waals surface area contributed by atoms with Crippen LogP contribution in [0.2, 0.25) is 0 Å². The summed E-state index contributed by atoms with van der Waals surface area (Å²) in [6, 6.07) is 13.1. The summed E-state index contributed by atoms with van der Waals surface area (Å²) in [5.74, 6) is 0.923. The smallest absolute Gasteiger partial charge is 0.205 e. The van der Waals surface area contributed by atoms with Gasteiger partial charge in [0.05, 0.1) is 13.0 Å². The maximum atomic E-state index is 9.56. The molecule has 1 heterocycles. The zero-order chi connectivity index (χ0) is 16.6. The van der Waals surface area contributed by atoms with E-state index >= 15 is 0 Å². The number of nitrogens with two attached hydrogens (primary N) is 2. The molecule has 0 saturated carbocycles. The van der Waals surface area contributed by atoms with Crippen molar-refractivity contribution in [1.82, 2.24) is 0 Å². The van der Waals surface area contributed by atoms with Gasteiger partial charge in [-0.15, -0.1) is 0 Å². The summed E-state index contributed by atoms with van der Waals surface area (Å²) in [6.07, 6.45) is 0. The number of methoxy groups -OCH3 is 1. The third kappa shape index (κ3) is 2.60. The van der Waals surface area contributed by atoms with Crippen molar-refractivity contribution >= 4 is 21.6 Å². The van der Waals surface area contributed by atoms with Gasteiger partial charge in [0.1, 0.15) is 23.1 Å². The molecule has 2 aromatic carbocycles. The first-order chi connectivity index (χ1) is 11.0. The van der Waals surface area contributed by atoms with Gasteiger partial charge in [0.25, 0.3) is 0 Å². The molecule has 0 aliphatic carbocycles. The van der Waals surface area contributed by atoms with E-state index in [0.29, 0.717) is 22.8 Å². The fraction of sp³-hybridized carbons (Fsp3) is 0.118. The normalized spacial score (nSPS) is 16.3. The number of nitriles is 1. The predicted octanol–water partition coefficient (Wildman–Crippen LogP) is 3.26. The Labute approximate surface area is 142 Å². The van der Waals surface area contributed by atoms with E-state index < -0.39 is 0 Å². The van der Waals surface area contributed by atoms with Crippen LogP contribution in [0.5, 0.6) is 11.5 Å². The molecule has 5 nitrogen and oxygen atoms in total. The lowest BCUT2D eigenvalue weighted by Gasteiger charge is -2.27. The fourth-order valence-electron chi connectivity index (χ4n) is 2.72. The van der Waals surface area contributed by atoms with Crippen molar-refractivity contribution in [3.05, 3.63) is 63.5 Å². The highest BCUT2D eigenvalue weighted by molar-refractivity contribution is 9.10. The lowest BCUT2D eigenvalue weighted by molar-refractivity contribution is 0.387. The van der Waals surface area contributed by atoms with Crippen LogP contribution in [0.15, 0.2) is 52.3 Å². The van der Waals surface area contributed by atoms with Gasteiger partial charge in [-0.2, -0.15) is 5.26 Å². The van der Waals surface area contributed by atoms with Gasteiger partial charge >= 0.3 is 0 Å². The van der Waals surface area contributed by atoms with Crippen LogP contribution in [-0.2, 0) is 0 Å². The standard InChI is InChI=1S/C17H14BrN3O2/c1-22-14-5-2-9(18)6-12(14)16-11-4-3-10(20)7-15(11)23-17(21)13(16)8-19/h2-7,16H,20-21H2,1H3/t16-/m1/s1. The molecule has 6 heteroatoms. The van der Waals surface area contributed by atoms with Crippen LogP contribution in [0.4, 0.5) is 5.69 Å². The monoisotopic (exact) mass is 371 g/mol. The molecule has 116 valence electrons. The van der Waals surface area contributed by atoms with Gasteiger partial charge < -0.3 is 20.9 Å². The summed E-state index contributed by atoms with van der Waals surface area (Å²) in [5, 5.41) is 9.56. The van der Waals surface area contributed by atoms with Gasteiger partial charge in [-0.25, -0.2) is 0 Å². The number of halogens is 1. The zero-order valence-corrected chi connectivity index (χ0v) is 13.9. The third-order valence-corrected chi connectivity index (χ3v) is 4.24. The molecule has 0 amide bonds. The number of hydrogen-bond acceptors (Lipinski definition) is 5. The van der Waals surface area contributed by atoms with Crippen LogP contribution >= 0.6 is 15.9 Å². The molecule has 3 rings (SSSR count). The molecule has 0 bridgehead atoms. The van der Waals surface area contributed by atoms with E-state index in [9.17, 15) is 5.26 Å². The number of hydrogen-bond donors (Lipinski definition) is 2. The van der Waals surface area contributed by atoms with Crippen LogP contribution in [0.25, 0.3) is 0 Å². The lowest BCUT2D eigenvalue weighted by Crippen LogP contribution is -2.21. The Bertz CT molecular complexity index is 855. The molecule has 0 saturated heterocycles. The molecule has 4 N–H and O–H groups in total. The van der Waals surface area contributed by atoms with Gasteiger partial charge in [-0.05, 0) is 24.3 Å². The van der Waals surface area contributed by atoms with E-state index in [-0.39, 0.29) is 11.8 Å². The molecule has 23 heavy (non-hydrogen) atoms. The van der Waals surface area contributed by atoms with Crippen molar-refractivity contribution in [3.8, 4) is 17.6 Å². The second kappa shape index (κ2) is 5.86. The maximum absolute atomic E-state index is 9.56. The van der Waals surface area contributed by atoms with Gasteiger partial charge in [0.15, 0.2) is 0 Å². The van der Waals surface area contributed by atoms with Gasteiger partial charge in [0.2, 0.25) is 5.88 Å². The fourth-order valence-corrected chi connectivity index (χ4v) is 3.10. The molecule has 0 radical (unpaired) electrons. The lowest BCUT2D eigenvalue weighted by atomic mass is 9.83. The number of nitrogen functional groups attached to an aromatic ring is 1. The molecule has 0 fully saturated rings. The van der Waals surface area contributed by atoms with Crippen LogP contribution < -0.4 is 20.9 Å². The van der Waals surface area contributed by atoms with Crippen LogP contribution in [-0.4, -0.2) is 7.11 Å². The van der Waals surface area contributed by atoms with E-state index in [1.54, 1.807) is 19.2 Å². The van der Waals surface area contributed by atoms with E-state index in [2.05, 4.69) is 22.0 Å². The molecule has 0 spiro atoms. The van der Waals surface area contributed by atoms with Gasteiger partial charge in [-0.1, -0.05) is 22.0 Å². The minimum atomic E-state index is -0.378. The molecule has 0 aromatic heterocycles. The van der Waals surface area contributed by atoms with Crippen molar-refractivity contribution in [2.24, 2.45) is 5.73 Å². The molecule has 2 aromatic rings. The van der Waals surface area contributed by atoms with E-state index in [0.717, 1.165) is 15.6 Å². The predicted molar refractivity (Wildman–Crippen MR) is 90.8 cm³/mol. The topological polar surface area (TPSA) is 94.3 Å². The Kier molecular flexibility index (Phi) is 3.89. The molecular formula is C17H14BrN3O2. The third-order valence-electron chi connectivity index (χ3n) is 3.75. The van der Waals surface area contributed by atoms with Crippen molar-refractivity contribution in [1.29, 1.82) is 5.26 Å². The van der Waals surface area contributed by atoms with Crippen molar-refractivity contribution in [2.45, 2.75) is 5.92 Å². The second-order valence-electron chi connectivity index (χ2n) is 5.11. The Balaban J connectivity index is 2.29. The largest absolute Gasteiger partial charge is 0.496 e. The SMILES string of the molecule is COc1ccc(Br)cc1[C@@H]1C(C#N)=C(N)Oc2cc(N)ccc21. The molecule has 0 unspecified atom stereocenters. The number of fused-ring (bicyclic) bond motifs is 1. The minimum Gasteiger partial charge on any atom is -0.496 e. The van der Waals surface area contributed by atoms with Crippen LogP contribution in [0.1, 0.15) is 17.0 Å². The first-order valence-electron chi connectivity index (χ1n) is 6.85. The second-order valence-corrected chi connectivity index (χ2v) is 6.02. The Morgan fingerprint density at radius 1 is 1.17 bits per heavy atom. The highest BCUT2D eigenvalue weighted by Gasteiger charge is 2.32. The Hall–Kier alpha value is -2.65. The molecule has 1 aliphatic heterocycles. The Morgan fingerprint density at radius 2 is 1.96 bits per heavy atom. The summed E-state index contributed by atoms with van der Waals surface area (Å²) >= 11 is 3.46. The van der Waals surface area contributed by atoms with E-state index in [1.807, 2.05) is 24.3 Å². The first kappa shape index (κ1) is 15.3. The number of benzene rings is 2. The number of rotatable bonds is 2. The Morgan fingerprint density at radius 3 is 2.65 bits per heavy atom. The number of anilines is 1. The summed E-state index contributed by atoms with van der Waals surface area (Å²) in [4.78, 5) is 0.